The van der Waals surface area contributed by atoms with E-state index in [1.54, 1.807) is 0 Å². The summed E-state index contributed by atoms with van der Waals surface area (Å²) in [4.78, 5) is 0. The third kappa shape index (κ3) is 0.873. The molecule has 0 unspecified atom stereocenters. The Bertz CT molecular complexity index is 300. The van der Waals surface area contributed by atoms with Crippen molar-refractivity contribution in [1.29, 1.82) is 0 Å². The van der Waals surface area contributed by atoms with E-state index >= 15 is 0 Å². The number of rotatable bonds is 1. The fraction of sp³-hybridized carbons (Fsp3) is 0.625. The normalized spacial score (nSPS) is 14.9. The van der Waals surface area contributed by atoms with Crippen molar-refractivity contribution in [3.63, 3.8) is 0 Å². The lowest BCUT2D eigenvalue weighted by molar-refractivity contribution is 0.663. The average molecular weight is 166 g/mol. The number of aromatic nitrogens is 2. The largest absolute Gasteiger partial charge is 0.394 e. The summed E-state index contributed by atoms with van der Waals surface area (Å²) < 4.78 is 1.95. The maximum Gasteiger partial charge on any atom is 0.148 e. The van der Waals surface area contributed by atoms with Gasteiger partial charge in [-0.15, -0.1) is 0 Å². The number of nitrogens with one attached hydrogen (secondary N) is 1. The van der Waals surface area contributed by atoms with Gasteiger partial charge in [-0.25, -0.2) is 4.68 Å². The summed E-state index contributed by atoms with van der Waals surface area (Å²) in [5.74, 6) is 1.41. The second kappa shape index (κ2) is 2.40. The molecule has 12 heavy (non-hydrogen) atoms. The number of nitrogen functional groups attached to an aromatic ring is 1. The molecular weight excluding hydrogens is 152 g/mol. The van der Waals surface area contributed by atoms with Crippen LogP contribution < -0.4 is 11.1 Å². The molecule has 1 aromatic rings. The molecule has 4 heteroatoms. The van der Waals surface area contributed by atoms with Crippen molar-refractivity contribution in [1.82, 2.24) is 9.78 Å². The van der Waals surface area contributed by atoms with Crippen LogP contribution in [0.2, 0.25) is 0 Å². The third-order valence-corrected chi connectivity index (χ3v) is 2.18. The summed E-state index contributed by atoms with van der Waals surface area (Å²) in [5, 5.41) is 7.64. The summed E-state index contributed by atoms with van der Waals surface area (Å²) in [6.07, 6.45) is 0. The SMILES string of the molecule is CC(C)c1nn2c(c1N)NCC2. The molecule has 0 radical (unpaired) electrons. The van der Waals surface area contributed by atoms with Crippen molar-refractivity contribution in [2.75, 3.05) is 17.6 Å². The Morgan fingerprint density at radius 2 is 2.33 bits per heavy atom. The van der Waals surface area contributed by atoms with Gasteiger partial charge in [0.25, 0.3) is 0 Å². The lowest BCUT2D eigenvalue weighted by Crippen LogP contribution is -2.01. The minimum absolute atomic E-state index is 0.407. The lowest BCUT2D eigenvalue weighted by Gasteiger charge is -2.01. The van der Waals surface area contributed by atoms with Gasteiger partial charge >= 0.3 is 0 Å². The minimum atomic E-state index is 0.407. The van der Waals surface area contributed by atoms with Gasteiger partial charge in [0.05, 0.1) is 17.9 Å². The molecule has 2 rings (SSSR count). The van der Waals surface area contributed by atoms with Gasteiger partial charge in [-0.3, -0.25) is 0 Å². The van der Waals surface area contributed by atoms with E-state index in [9.17, 15) is 0 Å². The van der Waals surface area contributed by atoms with E-state index in [-0.39, 0.29) is 0 Å². The Hall–Kier alpha value is -1.19. The Morgan fingerprint density at radius 1 is 1.58 bits per heavy atom. The summed E-state index contributed by atoms with van der Waals surface area (Å²) in [6, 6.07) is 0. The molecule has 1 aliphatic heterocycles. The maximum atomic E-state index is 5.91. The van der Waals surface area contributed by atoms with Crippen LogP contribution >= 0.6 is 0 Å². The summed E-state index contributed by atoms with van der Waals surface area (Å²) in [6.45, 7) is 6.10. The van der Waals surface area contributed by atoms with E-state index in [0.717, 1.165) is 30.3 Å². The van der Waals surface area contributed by atoms with Crippen molar-refractivity contribution in [3.8, 4) is 0 Å². The first-order valence-electron chi connectivity index (χ1n) is 4.30. The molecule has 0 saturated carbocycles. The predicted molar refractivity (Wildman–Crippen MR) is 49.2 cm³/mol. The third-order valence-electron chi connectivity index (χ3n) is 2.18. The molecule has 4 nitrogen and oxygen atoms in total. The fourth-order valence-corrected chi connectivity index (χ4v) is 1.55. The van der Waals surface area contributed by atoms with Crippen LogP contribution in [0.5, 0.6) is 0 Å². The van der Waals surface area contributed by atoms with E-state index in [2.05, 4.69) is 24.3 Å². The van der Waals surface area contributed by atoms with Crippen molar-refractivity contribution >= 4 is 11.5 Å². The molecule has 0 bridgehead atoms. The van der Waals surface area contributed by atoms with Gasteiger partial charge in [0, 0.05) is 6.54 Å². The molecule has 66 valence electrons. The van der Waals surface area contributed by atoms with Crippen LogP contribution in [0.25, 0.3) is 0 Å². The first kappa shape index (κ1) is 7.46. The highest BCUT2D eigenvalue weighted by Crippen LogP contribution is 2.30. The number of hydrogen-bond donors (Lipinski definition) is 2. The maximum absolute atomic E-state index is 5.91. The number of nitrogens with two attached hydrogens (primary N) is 1. The van der Waals surface area contributed by atoms with Crippen molar-refractivity contribution in [2.45, 2.75) is 26.3 Å². The van der Waals surface area contributed by atoms with Gasteiger partial charge in [-0.1, -0.05) is 13.8 Å². The van der Waals surface area contributed by atoms with Gasteiger partial charge in [-0.2, -0.15) is 5.10 Å². The van der Waals surface area contributed by atoms with Crippen LogP contribution in [0.15, 0.2) is 0 Å². The summed E-state index contributed by atoms with van der Waals surface area (Å²) in [5.41, 5.74) is 7.74. The second-order valence-corrected chi connectivity index (χ2v) is 3.45. The Kier molecular flexibility index (Phi) is 1.49. The number of nitrogens with zero attached hydrogens (tertiary/aromatic N) is 2. The van der Waals surface area contributed by atoms with E-state index in [4.69, 9.17) is 5.73 Å². The molecule has 3 N–H and O–H groups in total. The highest BCUT2D eigenvalue weighted by molar-refractivity contribution is 5.66. The van der Waals surface area contributed by atoms with Gasteiger partial charge in [0.1, 0.15) is 5.82 Å². The van der Waals surface area contributed by atoms with E-state index in [0.29, 0.717) is 5.92 Å². The zero-order chi connectivity index (χ0) is 8.72. The zero-order valence-electron chi connectivity index (χ0n) is 7.46. The summed E-state index contributed by atoms with van der Waals surface area (Å²) >= 11 is 0. The van der Waals surface area contributed by atoms with Gasteiger partial charge in [-0.05, 0) is 5.92 Å². The van der Waals surface area contributed by atoms with Crippen LogP contribution in [-0.2, 0) is 6.54 Å². The highest BCUT2D eigenvalue weighted by Gasteiger charge is 2.20. The first-order chi connectivity index (χ1) is 5.70. The van der Waals surface area contributed by atoms with Crippen LogP contribution in [0.3, 0.4) is 0 Å². The van der Waals surface area contributed by atoms with Crippen molar-refractivity contribution < 1.29 is 0 Å². The molecular formula is C8H14N4. The molecule has 0 saturated heterocycles. The van der Waals surface area contributed by atoms with Gasteiger partial charge < -0.3 is 11.1 Å². The number of anilines is 2. The van der Waals surface area contributed by atoms with Crippen LogP contribution in [0.4, 0.5) is 11.5 Å². The molecule has 1 aromatic heterocycles. The molecule has 0 aromatic carbocycles. The quantitative estimate of drug-likeness (QED) is 0.654. The van der Waals surface area contributed by atoms with Crippen LogP contribution in [0, 0.1) is 0 Å². The van der Waals surface area contributed by atoms with E-state index < -0.39 is 0 Å². The first-order valence-corrected chi connectivity index (χ1v) is 4.30. The molecule has 0 aliphatic carbocycles. The van der Waals surface area contributed by atoms with E-state index in [1.807, 2.05) is 4.68 Å². The van der Waals surface area contributed by atoms with Crippen molar-refractivity contribution in [3.05, 3.63) is 5.69 Å². The average Bonchev–Trinajstić information content (AvgIpc) is 2.53. The van der Waals surface area contributed by atoms with Crippen molar-refractivity contribution in [2.24, 2.45) is 0 Å². The zero-order valence-corrected chi connectivity index (χ0v) is 7.46. The Labute approximate surface area is 71.7 Å². The van der Waals surface area contributed by atoms with Gasteiger partial charge in [0.2, 0.25) is 0 Å². The molecule has 0 amide bonds. The topological polar surface area (TPSA) is 55.9 Å². The lowest BCUT2D eigenvalue weighted by atomic mass is 10.1. The minimum Gasteiger partial charge on any atom is -0.394 e. The fourth-order valence-electron chi connectivity index (χ4n) is 1.55. The number of fused-ring (bicyclic) bond motifs is 1. The Balaban J connectivity index is 2.47. The van der Waals surface area contributed by atoms with E-state index in [1.165, 1.54) is 0 Å². The van der Waals surface area contributed by atoms with Gasteiger partial charge in [0.15, 0.2) is 0 Å². The molecule has 0 fully saturated rings. The smallest absolute Gasteiger partial charge is 0.148 e. The molecule has 2 heterocycles. The highest BCUT2D eigenvalue weighted by atomic mass is 15.4. The summed E-state index contributed by atoms with van der Waals surface area (Å²) in [7, 11) is 0. The van der Waals surface area contributed by atoms with Crippen LogP contribution in [-0.4, -0.2) is 16.3 Å². The monoisotopic (exact) mass is 166 g/mol. The standard InChI is InChI=1S/C8H14N4/c1-5(2)7-6(9)8-10-3-4-12(8)11-7/h5,10H,3-4,9H2,1-2H3. The molecule has 1 aliphatic rings. The molecule has 0 atom stereocenters. The number of hydrogen-bond acceptors (Lipinski definition) is 3. The second-order valence-electron chi connectivity index (χ2n) is 3.45. The molecule has 0 spiro atoms. The Morgan fingerprint density at radius 3 is 2.92 bits per heavy atom. The predicted octanol–water partition coefficient (Wildman–Crippen LogP) is 1.01. The van der Waals surface area contributed by atoms with Crippen LogP contribution in [0.1, 0.15) is 25.5 Å².